The Kier molecular flexibility index (Phi) is 8.19. The Morgan fingerprint density at radius 2 is 1.86 bits per heavy atom. The Morgan fingerprint density at radius 1 is 1.17 bits per heavy atom. The largest absolute Gasteiger partial charge is 0.456 e. The number of ether oxygens (including phenoxy) is 1. The van der Waals surface area contributed by atoms with E-state index >= 15 is 0 Å². The maximum Gasteiger partial charge on any atom is 0.338 e. The molecule has 1 atom stereocenters. The standard InChI is InChI=1S/C21H29N3O4S/c1-4-16-7-5-8-17(11-16)14-23-15-20(13-22)28-21(25)18-9-6-10-19(12-18)24(2)29(3,26)27/h5-12,20,23H,4,13-15,22H2,1-3H3/t20-/m0/s1. The minimum atomic E-state index is -3.42. The van der Waals surface area contributed by atoms with E-state index in [-0.39, 0.29) is 12.1 Å². The van der Waals surface area contributed by atoms with Crippen LogP contribution in [0, 0.1) is 0 Å². The Hall–Kier alpha value is -2.42. The molecule has 0 aromatic heterocycles. The number of carbonyl (C=O) groups excluding carboxylic acids is 1. The van der Waals surface area contributed by atoms with Gasteiger partial charge in [0.25, 0.3) is 0 Å². The van der Waals surface area contributed by atoms with Crippen LogP contribution in [-0.2, 0) is 27.7 Å². The molecule has 0 aliphatic carbocycles. The van der Waals surface area contributed by atoms with Crippen molar-refractivity contribution in [2.75, 3.05) is 30.7 Å². The topological polar surface area (TPSA) is 102 Å². The fourth-order valence-electron chi connectivity index (χ4n) is 2.75. The van der Waals surface area contributed by atoms with Crippen molar-refractivity contribution in [2.24, 2.45) is 5.73 Å². The zero-order valence-electron chi connectivity index (χ0n) is 17.1. The molecule has 0 bridgehead atoms. The van der Waals surface area contributed by atoms with Crippen LogP contribution < -0.4 is 15.4 Å². The second-order valence-corrected chi connectivity index (χ2v) is 8.86. The van der Waals surface area contributed by atoms with Gasteiger partial charge in [-0.25, -0.2) is 13.2 Å². The van der Waals surface area contributed by atoms with Crippen molar-refractivity contribution in [3.8, 4) is 0 Å². The van der Waals surface area contributed by atoms with E-state index < -0.39 is 22.1 Å². The van der Waals surface area contributed by atoms with E-state index in [9.17, 15) is 13.2 Å². The quantitative estimate of drug-likeness (QED) is 0.571. The number of nitrogens with two attached hydrogens (primary N) is 1. The zero-order valence-corrected chi connectivity index (χ0v) is 17.9. The molecule has 0 fully saturated rings. The number of aryl methyl sites for hydroxylation is 1. The molecule has 3 N–H and O–H groups in total. The Balaban J connectivity index is 1.95. The van der Waals surface area contributed by atoms with Crippen LogP contribution in [0.3, 0.4) is 0 Å². The van der Waals surface area contributed by atoms with Crippen molar-refractivity contribution in [1.29, 1.82) is 0 Å². The van der Waals surface area contributed by atoms with Crippen molar-refractivity contribution >= 4 is 21.7 Å². The average molecular weight is 420 g/mol. The summed E-state index contributed by atoms with van der Waals surface area (Å²) in [5, 5.41) is 3.27. The van der Waals surface area contributed by atoms with Crippen LogP contribution in [0.4, 0.5) is 5.69 Å². The monoisotopic (exact) mass is 419 g/mol. The lowest BCUT2D eigenvalue weighted by molar-refractivity contribution is 0.0320. The van der Waals surface area contributed by atoms with Gasteiger partial charge < -0.3 is 15.8 Å². The molecule has 0 aliphatic heterocycles. The third-order valence-corrected chi connectivity index (χ3v) is 5.79. The van der Waals surface area contributed by atoms with Gasteiger partial charge in [-0.3, -0.25) is 4.31 Å². The van der Waals surface area contributed by atoms with Gasteiger partial charge in [0.1, 0.15) is 6.10 Å². The summed E-state index contributed by atoms with van der Waals surface area (Å²) in [6.07, 6.45) is 1.59. The second-order valence-electron chi connectivity index (χ2n) is 6.85. The molecule has 0 amide bonds. The van der Waals surface area contributed by atoms with Crippen LogP contribution in [0.2, 0.25) is 0 Å². The van der Waals surface area contributed by atoms with Gasteiger partial charge in [0.2, 0.25) is 10.0 Å². The summed E-state index contributed by atoms with van der Waals surface area (Å²) < 4.78 is 30.0. The number of hydrogen-bond donors (Lipinski definition) is 2. The molecule has 0 heterocycles. The summed E-state index contributed by atoms with van der Waals surface area (Å²) in [7, 11) is -1.99. The Bertz CT molecular complexity index is 931. The Morgan fingerprint density at radius 3 is 2.52 bits per heavy atom. The first-order valence-electron chi connectivity index (χ1n) is 9.48. The number of esters is 1. The van der Waals surface area contributed by atoms with E-state index in [1.54, 1.807) is 18.2 Å². The van der Waals surface area contributed by atoms with E-state index in [0.29, 0.717) is 18.8 Å². The van der Waals surface area contributed by atoms with Gasteiger partial charge >= 0.3 is 5.97 Å². The summed E-state index contributed by atoms with van der Waals surface area (Å²) in [6.45, 7) is 3.36. The van der Waals surface area contributed by atoms with Gasteiger partial charge in [-0.15, -0.1) is 0 Å². The van der Waals surface area contributed by atoms with Crippen LogP contribution in [-0.4, -0.2) is 46.9 Å². The first kappa shape index (κ1) is 22.9. The van der Waals surface area contributed by atoms with E-state index in [2.05, 4.69) is 24.4 Å². The molecular weight excluding hydrogens is 390 g/mol. The molecule has 0 radical (unpaired) electrons. The number of nitrogens with zero attached hydrogens (tertiary/aromatic N) is 1. The summed E-state index contributed by atoms with van der Waals surface area (Å²) in [4.78, 5) is 12.5. The van der Waals surface area contributed by atoms with Crippen LogP contribution in [0.25, 0.3) is 0 Å². The molecule has 158 valence electrons. The molecular formula is C21H29N3O4S. The number of sulfonamides is 1. The fraction of sp³-hybridized carbons (Fsp3) is 0.381. The molecule has 0 spiro atoms. The molecule has 0 unspecified atom stereocenters. The molecule has 7 nitrogen and oxygen atoms in total. The van der Waals surface area contributed by atoms with Crippen LogP contribution in [0.1, 0.15) is 28.4 Å². The third-order valence-electron chi connectivity index (χ3n) is 4.58. The van der Waals surface area contributed by atoms with Gasteiger partial charge in [0, 0.05) is 26.7 Å². The number of nitrogens with one attached hydrogen (secondary N) is 1. The van der Waals surface area contributed by atoms with E-state index in [4.69, 9.17) is 10.5 Å². The summed E-state index contributed by atoms with van der Waals surface area (Å²) >= 11 is 0. The molecule has 0 saturated carbocycles. The number of hydrogen-bond acceptors (Lipinski definition) is 6. The predicted octanol–water partition coefficient (Wildman–Crippen LogP) is 1.92. The second kappa shape index (κ2) is 10.4. The normalized spacial score (nSPS) is 12.4. The molecule has 8 heteroatoms. The molecule has 2 rings (SSSR count). The molecule has 2 aromatic rings. The van der Waals surface area contributed by atoms with E-state index in [1.165, 1.54) is 18.7 Å². The molecule has 0 aliphatic rings. The van der Waals surface area contributed by atoms with Gasteiger partial charge in [-0.05, 0) is 35.7 Å². The Labute approximate surface area is 172 Å². The van der Waals surface area contributed by atoms with Crippen molar-refractivity contribution in [2.45, 2.75) is 26.0 Å². The highest BCUT2D eigenvalue weighted by Crippen LogP contribution is 2.18. The van der Waals surface area contributed by atoms with E-state index in [1.807, 2.05) is 12.1 Å². The van der Waals surface area contributed by atoms with Crippen molar-refractivity contribution < 1.29 is 17.9 Å². The maximum atomic E-state index is 12.5. The van der Waals surface area contributed by atoms with Crippen LogP contribution >= 0.6 is 0 Å². The lowest BCUT2D eigenvalue weighted by atomic mass is 10.1. The SMILES string of the molecule is CCc1cccc(CNC[C@H](CN)OC(=O)c2cccc(N(C)S(C)(=O)=O)c2)c1. The minimum absolute atomic E-state index is 0.177. The lowest BCUT2D eigenvalue weighted by Gasteiger charge is -2.19. The van der Waals surface area contributed by atoms with Crippen LogP contribution in [0.5, 0.6) is 0 Å². The average Bonchev–Trinajstić information content (AvgIpc) is 2.71. The highest BCUT2D eigenvalue weighted by molar-refractivity contribution is 7.92. The summed E-state index contributed by atoms with van der Waals surface area (Å²) in [5.41, 5.74) is 8.84. The number of anilines is 1. The van der Waals surface area contributed by atoms with Crippen molar-refractivity contribution in [1.82, 2.24) is 5.32 Å². The highest BCUT2D eigenvalue weighted by Gasteiger charge is 2.17. The van der Waals surface area contributed by atoms with Gasteiger partial charge in [0.05, 0.1) is 17.5 Å². The number of benzene rings is 2. The smallest absolute Gasteiger partial charge is 0.338 e. The van der Waals surface area contributed by atoms with Crippen molar-refractivity contribution in [3.63, 3.8) is 0 Å². The molecule has 0 saturated heterocycles. The molecule has 2 aromatic carbocycles. The van der Waals surface area contributed by atoms with Gasteiger partial charge in [-0.2, -0.15) is 0 Å². The maximum absolute atomic E-state index is 12.5. The summed E-state index contributed by atoms with van der Waals surface area (Å²) in [5.74, 6) is -0.543. The fourth-order valence-corrected chi connectivity index (χ4v) is 3.25. The number of carbonyl (C=O) groups is 1. The first-order chi connectivity index (χ1) is 13.7. The first-order valence-corrected chi connectivity index (χ1v) is 11.3. The third kappa shape index (κ3) is 6.85. The van der Waals surface area contributed by atoms with Gasteiger partial charge in [-0.1, -0.05) is 37.3 Å². The van der Waals surface area contributed by atoms with E-state index in [0.717, 1.165) is 22.5 Å². The minimum Gasteiger partial charge on any atom is -0.456 e. The zero-order chi connectivity index (χ0) is 21.4. The highest BCUT2D eigenvalue weighted by atomic mass is 32.2. The summed E-state index contributed by atoms with van der Waals surface area (Å²) in [6, 6.07) is 14.6. The number of rotatable bonds is 10. The van der Waals surface area contributed by atoms with Gasteiger partial charge in [0.15, 0.2) is 0 Å². The van der Waals surface area contributed by atoms with Crippen LogP contribution in [0.15, 0.2) is 48.5 Å². The predicted molar refractivity (Wildman–Crippen MR) is 115 cm³/mol. The lowest BCUT2D eigenvalue weighted by Crippen LogP contribution is -2.36. The molecule has 29 heavy (non-hydrogen) atoms. The van der Waals surface area contributed by atoms with Crippen molar-refractivity contribution in [3.05, 3.63) is 65.2 Å².